The SMILES string of the molecule is COc1ccc(CNC(=O)C2CCN(S(=O)(=O)Cc3ccc(Cl)cc3Cl)CC2)c(OC)c1OC. The maximum atomic E-state index is 12.9. The fraction of sp³-hybridized carbons (Fsp3) is 0.435. The van der Waals surface area contributed by atoms with Crippen LogP contribution in [0.5, 0.6) is 17.2 Å². The van der Waals surface area contributed by atoms with E-state index in [1.807, 2.05) is 0 Å². The first-order valence-corrected chi connectivity index (χ1v) is 13.0. The van der Waals surface area contributed by atoms with E-state index in [0.717, 1.165) is 5.56 Å². The quantitative estimate of drug-likeness (QED) is 0.528. The first-order chi connectivity index (χ1) is 16.2. The number of piperidine rings is 1. The van der Waals surface area contributed by atoms with Gasteiger partial charge in [0.1, 0.15) is 0 Å². The van der Waals surface area contributed by atoms with E-state index in [-0.39, 0.29) is 37.2 Å². The lowest BCUT2D eigenvalue weighted by Gasteiger charge is -2.30. The van der Waals surface area contributed by atoms with Crippen molar-refractivity contribution in [3.63, 3.8) is 0 Å². The Morgan fingerprint density at radius 2 is 1.65 bits per heavy atom. The smallest absolute Gasteiger partial charge is 0.223 e. The largest absolute Gasteiger partial charge is 0.493 e. The number of ether oxygens (including phenoxy) is 3. The molecule has 0 aromatic heterocycles. The van der Waals surface area contributed by atoms with Crippen LogP contribution in [0, 0.1) is 5.92 Å². The molecule has 1 aliphatic heterocycles. The van der Waals surface area contributed by atoms with E-state index in [0.29, 0.717) is 45.7 Å². The first kappa shape index (κ1) is 26.4. The van der Waals surface area contributed by atoms with Crippen LogP contribution in [0.2, 0.25) is 10.0 Å². The van der Waals surface area contributed by atoms with E-state index in [1.54, 1.807) is 24.3 Å². The van der Waals surface area contributed by atoms with Crippen molar-refractivity contribution in [2.45, 2.75) is 25.1 Å². The average molecular weight is 531 g/mol. The van der Waals surface area contributed by atoms with Gasteiger partial charge in [-0.25, -0.2) is 12.7 Å². The standard InChI is InChI=1S/C23H28Cl2N2O6S/c1-31-20-7-5-16(21(32-2)22(20)33-3)13-26-23(28)15-8-10-27(11-9-15)34(29,30)14-17-4-6-18(24)12-19(17)25/h4-7,12,15H,8-11,13-14H2,1-3H3,(H,26,28). The molecule has 0 bridgehead atoms. The maximum Gasteiger partial charge on any atom is 0.223 e. The number of halogens is 2. The Hall–Kier alpha value is -2.20. The molecule has 1 fully saturated rings. The van der Waals surface area contributed by atoms with Crippen molar-refractivity contribution in [1.82, 2.24) is 9.62 Å². The minimum Gasteiger partial charge on any atom is -0.493 e. The highest BCUT2D eigenvalue weighted by Gasteiger charge is 2.31. The van der Waals surface area contributed by atoms with E-state index in [2.05, 4.69) is 5.32 Å². The molecule has 1 saturated heterocycles. The lowest BCUT2D eigenvalue weighted by Crippen LogP contribution is -2.43. The second-order valence-corrected chi connectivity index (χ2v) is 10.7. The molecule has 2 aromatic carbocycles. The number of sulfonamides is 1. The molecule has 1 aliphatic rings. The second kappa shape index (κ2) is 11.5. The van der Waals surface area contributed by atoms with Crippen LogP contribution in [0.15, 0.2) is 30.3 Å². The van der Waals surface area contributed by atoms with Crippen molar-refractivity contribution in [1.29, 1.82) is 0 Å². The molecule has 0 unspecified atom stereocenters. The lowest BCUT2D eigenvalue weighted by molar-refractivity contribution is -0.126. The molecule has 1 N–H and O–H groups in total. The van der Waals surface area contributed by atoms with Gasteiger partial charge >= 0.3 is 0 Å². The lowest BCUT2D eigenvalue weighted by atomic mass is 9.97. The maximum absolute atomic E-state index is 12.9. The van der Waals surface area contributed by atoms with Crippen molar-refractivity contribution in [3.05, 3.63) is 51.5 Å². The van der Waals surface area contributed by atoms with Crippen molar-refractivity contribution >= 4 is 39.1 Å². The fourth-order valence-corrected chi connectivity index (χ4v) is 6.10. The number of amides is 1. The molecule has 0 saturated carbocycles. The van der Waals surface area contributed by atoms with Crippen molar-refractivity contribution in [2.75, 3.05) is 34.4 Å². The third-order valence-corrected chi connectivity index (χ3v) is 8.22. The van der Waals surface area contributed by atoms with Crippen LogP contribution < -0.4 is 19.5 Å². The van der Waals surface area contributed by atoms with Crippen molar-refractivity contribution in [2.24, 2.45) is 5.92 Å². The Kier molecular flexibility index (Phi) is 8.92. The van der Waals surface area contributed by atoms with Gasteiger partial charge in [-0.1, -0.05) is 29.3 Å². The predicted octanol–water partition coefficient (Wildman–Crippen LogP) is 3.88. The number of carbonyl (C=O) groups is 1. The zero-order chi connectivity index (χ0) is 24.9. The highest BCUT2D eigenvalue weighted by Crippen LogP contribution is 2.39. The van der Waals surface area contributed by atoms with Gasteiger partial charge in [0.25, 0.3) is 0 Å². The number of carbonyl (C=O) groups excluding carboxylic acids is 1. The molecule has 2 aromatic rings. The monoisotopic (exact) mass is 530 g/mol. The zero-order valence-electron chi connectivity index (χ0n) is 19.3. The average Bonchev–Trinajstić information content (AvgIpc) is 2.83. The number of rotatable bonds is 9. The molecule has 0 aliphatic carbocycles. The summed E-state index contributed by atoms with van der Waals surface area (Å²) in [5.41, 5.74) is 1.24. The van der Waals surface area contributed by atoms with Gasteiger partial charge < -0.3 is 19.5 Å². The molecule has 1 heterocycles. The summed E-state index contributed by atoms with van der Waals surface area (Å²) in [6, 6.07) is 8.31. The molecule has 8 nitrogen and oxygen atoms in total. The van der Waals surface area contributed by atoms with Crippen LogP contribution in [-0.4, -0.2) is 53.0 Å². The Labute approximate surface area is 210 Å². The van der Waals surface area contributed by atoms with E-state index in [9.17, 15) is 13.2 Å². The van der Waals surface area contributed by atoms with Crippen LogP contribution in [0.3, 0.4) is 0 Å². The Morgan fingerprint density at radius 3 is 2.24 bits per heavy atom. The first-order valence-electron chi connectivity index (χ1n) is 10.7. The molecule has 11 heteroatoms. The third kappa shape index (κ3) is 6.07. The molecule has 0 spiro atoms. The molecule has 1 amide bonds. The summed E-state index contributed by atoms with van der Waals surface area (Å²) < 4.78 is 43.3. The summed E-state index contributed by atoms with van der Waals surface area (Å²) in [5, 5.41) is 3.69. The normalized spacial score (nSPS) is 15.1. The molecule has 34 heavy (non-hydrogen) atoms. The zero-order valence-corrected chi connectivity index (χ0v) is 21.6. The molecule has 3 rings (SSSR count). The van der Waals surface area contributed by atoms with E-state index < -0.39 is 10.0 Å². The van der Waals surface area contributed by atoms with Crippen molar-refractivity contribution in [3.8, 4) is 17.2 Å². The van der Waals surface area contributed by atoms with Gasteiger partial charge in [-0.2, -0.15) is 0 Å². The fourth-order valence-electron chi connectivity index (χ4n) is 3.95. The summed E-state index contributed by atoms with van der Waals surface area (Å²) in [7, 11) is 1.01. The minimum absolute atomic E-state index is 0.130. The van der Waals surface area contributed by atoms with Crippen LogP contribution >= 0.6 is 23.2 Å². The topological polar surface area (TPSA) is 94.2 Å². The Balaban J connectivity index is 1.58. The second-order valence-electron chi connectivity index (χ2n) is 7.88. The Bertz CT molecular complexity index is 1130. The van der Waals surface area contributed by atoms with Gasteiger partial charge in [-0.3, -0.25) is 4.79 Å². The summed E-state index contributed by atoms with van der Waals surface area (Å²) in [6.45, 7) is 0.784. The number of benzene rings is 2. The van der Waals surface area contributed by atoms with Crippen LogP contribution in [0.1, 0.15) is 24.0 Å². The van der Waals surface area contributed by atoms with Crippen LogP contribution in [0.4, 0.5) is 0 Å². The summed E-state index contributed by atoms with van der Waals surface area (Å²) in [6.07, 6.45) is 0.866. The van der Waals surface area contributed by atoms with Gasteiger partial charge in [-0.15, -0.1) is 0 Å². The van der Waals surface area contributed by atoms with E-state index in [4.69, 9.17) is 37.4 Å². The van der Waals surface area contributed by atoms with E-state index >= 15 is 0 Å². The molecule has 0 atom stereocenters. The molecule has 0 radical (unpaired) electrons. The Morgan fingerprint density at radius 1 is 1.00 bits per heavy atom. The van der Waals surface area contributed by atoms with Gasteiger partial charge in [0.15, 0.2) is 11.5 Å². The molecule has 186 valence electrons. The van der Waals surface area contributed by atoms with Crippen LogP contribution in [0.25, 0.3) is 0 Å². The minimum atomic E-state index is -3.57. The number of nitrogens with one attached hydrogen (secondary N) is 1. The number of nitrogens with zero attached hydrogens (tertiary/aromatic N) is 1. The molecular weight excluding hydrogens is 503 g/mol. The highest BCUT2D eigenvalue weighted by atomic mass is 35.5. The number of methoxy groups -OCH3 is 3. The van der Waals surface area contributed by atoms with Gasteiger partial charge in [0.2, 0.25) is 21.7 Å². The number of hydrogen-bond acceptors (Lipinski definition) is 6. The third-order valence-electron chi connectivity index (χ3n) is 5.81. The molecular formula is C23H28Cl2N2O6S. The highest BCUT2D eigenvalue weighted by molar-refractivity contribution is 7.88. The van der Waals surface area contributed by atoms with E-state index in [1.165, 1.54) is 31.7 Å². The summed E-state index contributed by atoms with van der Waals surface area (Å²) in [4.78, 5) is 12.8. The number of hydrogen-bond donors (Lipinski definition) is 1. The summed E-state index contributed by atoms with van der Waals surface area (Å²) in [5.74, 6) is 0.855. The van der Waals surface area contributed by atoms with Crippen LogP contribution in [-0.2, 0) is 27.1 Å². The van der Waals surface area contributed by atoms with Gasteiger partial charge in [-0.05, 0) is 42.7 Å². The predicted molar refractivity (Wildman–Crippen MR) is 131 cm³/mol. The van der Waals surface area contributed by atoms with Crippen molar-refractivity contribution < 1.29 is 27.4 Å². The van der Waals surface area contributed by atoms with Gasteiger partial charge in [0, 0.05) is 41.2 Å². The summed E-state index contributed by atoms with van der Waals surface area (Å²) >= 11 is 12.0. The van der Waals surface area contributed by atoms with Gasteiger partial charge in [0.05, 0.1) is 27.1 Å².